The fraction of sp³-hybridized carbons (Fsp3) is 0.444. The number of amides is 1. The summed E-state index contributed by atoms with van der Waals surface area (Å²) in [6, 6.07) is 0. The van der Waals surface area contributed by atoms with Crippen LogP contribution in [0.15, 0.2) is 6.20 Å². The van der Waals surface area contributed by atoms with Crippen molar-refractivity contribution in [3.63, 3.8) is 0 Å². The lowest BCUT2D eigenvalue weighted by atomic mass is 10.4. The molecule has 0 atom stereocenters. The fourth-order valence-electron chi connectivity index (χ4n) is 1.00. The van der Waals surface area contributed by atoms with Crippen molar-refractivity contribution < 1.29 is 4.79 Å². The Kier molecular flexibility index (Phi) is 4.78. The molecule has 1 rings (SSSR count). The van der Waals surface area contributed by atoms with Crippen LogP contribution in [0.3, 0.4) is 0 Å². The lowest BCUT2D eigenvalue weighted by molar-refractivity contribution is -0.119. The van der Waals surface area contributed by atoms with Crippen LogP contribution in [-0.2, 0) is 4.79 Å². The molecule has 0 aliphatic heterocycles. The van der Waals surface area contributed by atoms with Gasteiger partial charge in [0.25, 0.3) is 0 Å². The van der Waals surface area contributed by atoms with E-state index in [1.165, 1.54) is 6.20 Å². The van der Waals surface area contributed by atoms with Gasteiger partial charge in [0.2, 0.25) is 11.2 Å². The van der Waals surface area contributed by atoms with E-state index in [-0.39, 0.29) is 17.7 Å². The summed E-state index contributed by atoms with van der Waals surface area (Å²) in [5, 5.41) is 5.60. The van der Waals surface area contributed by atoms with Crippen LogP contribution in [0.2, 0.25) is 5.28 Å². The lowest BCUT2D eigenvalue weighted by Crippen LogP contribution is -2.30. The molecule has 0 aromatic carbocycles. The van der Waals surface area contributed by atoms with Gasteiger partial charge in [0.15, 0.2) is 5.82 Å². The summed E-state index contributed by atoms with van der Waals surface area (Å²) in [7, 11) is 0. The largest absolute Gasteiger partial charge is 0.394 e. The number of nitrogens with zero attached hydrogens (tertiary/aromatic N) is 2. The Morgan fingerprint density at radius 3 is 3.06 bits per heavy atom. The summed E-state index contributed by atoms with van der Waals surface area (Å²) >= 11 is 5.60. The van der Waals surface area contributed by atoms with Crippen molar-refractivity contribution in [2.24, 2.45) is 0 Å². The number of hydrogen-bond donors (Lipinski definition) is 3. The van der Waals surface area contributed by atoms with Gasteiger partial charge in [-0.2, -0.15) is 4.98 Å². The molecule has 4 N–H and O–H groups in total. The van der Waals surface area contributed by atoms with Gasteiger partial charge in [-0.25, -0.2) is 4.98 Å². The fourth-order valence-corrected chi connectivity index (χ4v) is 1.14. The molecule has 1 amide bonds. The van der Waals surface area contributed by atoms with E-state index in [1.54, 1.807) is 0 Å². The van der Waals surface area contributed by atoms with E-state index in [2.05, 4.69) is 20.6 Å². The predicted octanol–water partition coefficient (Wildman–Crippen LogP) is 0.650. The van der Waals surface area contributed by atoms with Gasteiger partial charge in [-0.1, -0.05) is 6.92 Å². The summed E-state index contributed by atoms with van der Waals surface area (Å²) in [5.41, 5.74) is 5.95. The molecule has 6 nitrogen and oxygen atoms in total. The van der Waals surface area contributed by atoms with Crippen LogP contribution in [0.5, 0.6) is 0 Å². The van der Waals surface area contributed by atoms with Crippen molar-refractivity contribution in [3.05, 3.63) is 11.5 Å². The maximum absolute atomic E-state index is 11.3. The van der Waals surface area contributed by atoms with Gasteiger partial charge in [0.05, 0.1) is 18.4 Å². The number of carbonyl (C=O) groups is 1. The van der Waals surface area contributed by atoms with Crippen molar-refractivity contribution in [1.29, 1.82) is 0 Å². The van der Waals surface area contributed by atoms with E-state index in [0.717, 1.165) is 6.42 Å². The molecule has 0 fully saturated rings. The summed E-state index contributed by atoms with van der Waals surface area (Å²) in [6.07, 6.45) is 2.29. The number of nitrogens with two attached hydrogens (primary N) is 1. The quantitative estimate of drug-likeness (QED) is 0.661. The maximum Gasteiger partial charge on any atom is 0.239 e. The molecule has 0 saturated carbocycles. The maximum atomic E-state index is 11.3. The first-order valence-electron chi connectivity index (χ1n) is 4.92. The molecule has 88 valence electrons. The van der Waals surface area contributed by atoms with Crippen LogP contribution in [0.25, 0.3) is 0 Å². The van der Waals surface area contributed by atoms with Gasteiger partial charge >= 0.3 is 0 Å². The Labute approximate surface area is 98.6 Å². The zero-order chi connectivity index (χ0) is 12.0. The summed E-state index contributed by atoms with van der Waals surface area (Å²) in [5.74, 6) is 0.252. The molecular weight excluding hydrogens is 230 g/mol. The van der Waals surface area contributed by atoms with E-state index in [0.29, 0.717) is 18.1 Å². The summed E-state index contributed by atoms with van der Waals surface area (Å²) in [4.78, 5) is 18.8. The zero-order valence-corrected chi connectivity index (χ0v) is 9.71. The average molecular weight is 244 g/mol. The number of nitrogens with one attached hydrogen (secondary N) is 2. The topological polar surface area (TPSA) is 92.9 Å². The third-order valence-corrected chi connectivity index (χ3v) is 1.96. The molecule has 0 bridgehead atoms. The van der Waals surface area contributed by atoms with E-state index < -0.39 is 0 Å². The van der Waals surface area contributed by atoms with Gasteiger partial charge in [0, 0.05) is 6.54 Å². The molecule has 0 spiro atoms. The molecular formula is C9H14ClN5O. The van der Waals surface area contributed by atoms with Crippen molar-refractivity contribution in [2.45, 2.75) is 13.3 Å². The van der Waals surface area contributed by atoms with Crippen molar-refractivity contribution >= 4 is 29.0 Å². The Hall–Kier alpha value is -1.56. The molecule has 0 aliphatic carbocycles. The number of anilines is 2. The second kappa shape index (κ2) is 6.12. The van der Waals surface area contributed by atoms with Gasteiger partial charge in [0.1, 0.15) is 0 Å². The molecule has 7 heteroatoms. The highest BCUT2D eigenvalue weighted by Crippen LogP contribution is 2.14. The third kappa shape index (κ3) is 3.90. The SMILES string of the molecule is CCCNC(=O)CNc1nc(Cl)ncc1N. The summed E-state index contributed by atoms with van der Waals surface area (Å²) in [6.45, 7) is 2.74. The van der Waals surface area contributed by atoms with E-state index in [1.807, 2.05) is 6.92 Å². The number of rotatable bonds is 5. The van der Waals surface area contributed by atoms with Gasteiger partial charge < -0.3 is 16.4 Å². The van der Waals surface area contributed by atoms with Crippen molar-refractivity contribution in [3.8, 4) is 0 Å². The van der Waals surface area contributed by atoms with E-state index in [4.69, 9.17) is 17.3 Å². The molecule has 0 radical (unpaired) electrons. The van der Waals surface area contributed by atoms with E-state index in [9.17, 15) is 4.79 Å². The number of hydrogen-bond acceptors (Lipinski definition) is 5. The number of aromatic nitrogens is 2. The zero-order valence-electron chi connectivity index (χ0n) is 8.96. The van der Waals surface area contributed by atoms with Crippen LogP contribution < -0.4 is 16.4 Å². The van der Waals surface area contributed by atoms with Crippen LogP contribution in [0, 0.1) is 0 Å². The molecule has 1 aromatic rings. The first-order valence-corrected chi connectivity index (χ1v) is 5.30. The Balaban J connectivity index is 2.47. The van der Waals surface area contributed by atoms with Gasteiger partial charge in [-0.15, -0.1) is 0 Å². The first-order chi connectivity index (χ1) is 7.63. The standard InChI is InChI=1S/C9H14ClN5O/c1-2-3-12-7(16)5-13-8-6(11)4-14-9(10)15-8/h4H,2-3,5,11H2,1H3,(H,12,16)(H,13,14,15). The minimum absolute atomic E-state index is 0.0886. The predicted molar refractivity (Wildman–Crippen MR) is 63.2 cm³/mol. The smallest absolute Gasteiger partial charge is 0.239 e. The second-order valence-electron chi connectivity index (χ2n) is 3.15. The number of nitrogen functional groups attached to an aromatic ring is 1. The monoisotopic (exact) mass is 243 g/mol. The Morgan fingerprint density at radius 2 is 2.38 bits per heavy atom. The minimum Gasteiger partial charge on any atom is -0.394 e. The molecule has 16 heavy (non-hydrogen) atoms. The average Bonchev–Trinajstić information content (AvgIpc) is 2.27. The highest BCUT2D eigenvalue weighted by molar-refractivity contribution is 6.28. The van der Waals surface area contributed by atoms with Gasteiger partial charge in [-0.05, 0) is 18.0 Å². The summed E-state index contributed by atoms with van der Waals surface area (Å²) < 4.78 is 0. The lowest BCUT2D eigenvalue weighted by Gasteiger charge is -2.08. The Morgan fingerprint density at radius 1 is 1.62 bits per heavy atom. The molecule has 1 heterocycles. The van der Waals surface area contributed by atoms with Crippen molar-refractivity contribution in [1.82, 2.24) is 15.3 Å². The highest BCUT2D eigenvalue weighted by Gasteiger charge is 2.05. The molecule has 0 saturated heterocycles. The van der Waals surface area contributed by atoms with Gasteiger partial charge in [-0.3, -0.25) is 4.79 Å². The highest BCUT2D eigenvalue weighted by atomic mass is 35.5. The molecule has 1 aromatic heterocycles. The minimum atomic E-state index is -0.115. The normalized spacial score (nSPS) is 9.88. The van der Waals surface area contributed by atoms with Crippen LogP contribution in [-0.4, -0.2) is 29.0 Å². The van der Waals surface area contributed by atoms with Crippen LogP contribution in [0.1, 0.15) is 13.3 Å². The Bertz CT molecular complexity index is 371. The van der Waals surface area contributed by atoms with Crippen LogP contribution in [0.4, 0.5) is 11.5 Å². The van der Waals surface area contributed by atoms with Crippen LogP contribution >= 0.6 is 11.6 Å². The molecule has 0 unspecified atom stereocenters. The van der Waals surface area contributed by atoms with E-state index >= 15 is 0 Å². The number of halogens is 1. The first kappa shape index (κ1) is 12.5. The van der Waals surface area contributed by atoms with Crippen molar-refractivity contribution in [2.75, 3.05) is 24.1 Å². The third-order valence-electron chi connectivity index (χ3n) is 1.78. The number of carbonyl (C=O) groups excluding carboxylic acids is 1. The second-order valence-corrected chi connectivity index (χ2v) is 3.48. The molecule has 0 aliphatic rings.